The van der Waals surface area contributed by atoms with Gasteiger partial charge in [-0.05, 0) is 42.4 Å². The first-order chi connectivity index (χ1) is 14.6. The average Bonchev–Trinajstić information content (AvgIpc) is 3.07. The van der Waals surface area contributed by atoms with E-state index in [0.29, 0.717) is 5.69 Å². The molecule has 5 atom stereocenters. The SMILES string of the molecule is O=C(C[C@H](c1ccccc1)N1C(=O)[C@@H]2[C@H](C1=O)[C@H]1C=C[C@H]2CC1)Nc1ccccc1. The molecule has 0 spiro atoms. The third kappa shape index (κ3) is 3.15. The quantitative estimate of drug-likeness (QED) is 0.610. The van der Waals surface area contributed by atoms with Crippen LogP contribution >= 0.6 is 0 Å². The molecule has 2 bridgehead atoms. The highest BCUT2D eigenvalue weighted by molar-refractivity contribution is 6.07. The predicted octanol–water partition coefficient (Wildman–Crippen LogP) is 3.95. The van der Waals surface area contributed by atoms with Gasteiger partial charge in [0, 0.05) is 5.69 Å². The van der Waals surface area contributed by atoms with E-state index < -0.39 is 6.04 Å². The highest BCUT2D eigenvalue weighted by Gasteiger charge is 2.58. The Balaban J connectivity index is 1.45. The number of amides is 3. The van der Waals surface area contributed by atoms with Crippen molar-refractivity contribution < 1.29 is 14.4 Å². The molecule has 1 aliphatic heterocycles. The average molecular weight is 400 g/mol. The number of imide groups is 1. The number of nitrogens with one attached hydrogen (secondary N) is 1. The molecule has 5 nitrogen and oxygen atoms in total. The van der Waals surface area contributed by atoms with Crippen molar-refractivity contribution in [1.82, 2.24) is 4.90 Å². The zero-order chi connectivity index (χ0) is 20.7. The largest absolute Gasteiger partial charge is 0.326 e. The topological polar surface area (TPSA) is 66.5 Å². The van der Waals surface area contributed by atoms with E-state index in [1.807, 2.05) is 60.7 Å². The lowest BCUT2D eigenvalue weighted by Gasteiger charge is -2.38. The minimum Gasteiger partial charge on any atom is -0.326 e. The van der Waals surface area contributed by atoms with Crippen LogP contribution in [-0.4, -0.2) is 22.6 Å². The van der Waals surface area contributed by atoms with Crippen molar-refractivity contribution in [2.75, 3.05) is 5.32 Å². The van der Waals surface area contributed by atoms with E-state index in [9.17, 15) is 14.4 Å². The van der Waals surface area contributed by atoms with Crippen LogP contribution in [-0.2, 0) is 14.4 Å². The molecule has 152 valence electrons. The third-order valence-electron chi connectivity index (χ3n) is 6.73. The van der Waals surface area contributed by atoms with Gasteiger partial charge in [0.05, 0.1) is 24.3 Å². The summed E-state index contributed by atoms with van der Waals surface area (Å²) in [6.45, 7) is 0. The fraction of sp³-hybridized carbons (Fsp3) is 0.320. The number of likely N-dealkylation sites (tertiary alicyclic amines) is 1. The lowest BCUT2D eigenvalue weighted by molar-refractivity contribution is -0.143. The molecule has 6 rings (SSSR count). The summed E-state index contributed by atoms with van der Waals surface area (Å²) in [6.07, 6.45) is 6.19. The summed E-state index contributed by atoms with van der Waals surface area (Å²) >= 11 is 0. The van der Waals surface area contributed by atoms with Crippen molar-refractivity contribution >= 4 is 23.4 Å². The number of anilines is 1. The van der Waals surface area contributed by atoms with Crippen LogP contribution in [0.1, 0.15) is 30.9 Å². The molecule has 2 aromatic rings. The van der Waals surface area contributed by atoms with Gasteiger partial charge in [-0.25, -0.2) is 0 Å². The first kappa shape index (κ1) is 18.8. The van der Waals surface area contributed by atoms with Gasteiger partial charge in [-0.3, -0.25) is 19.3 Å². The molecule has 0 aromatic heterocycles. The van der Waals surface area contributed by atoms with Crippen LogP contribution in [0, 0.1) is 23.7 Å². The van der Waals surface area contributed by atoms with E-state index in [0.717, 1.165) is 18.4 Å². The number of carbonyl (C=O) groups excluding carboxylic acids is 3. The number of hydrogen-bond donors (Lipinski definition) is 1. The van der Waals surface area contributed by atoms with Crippen LogP contribution in [0.15, 0.2) is 72.8 Å². The van der Waals surface area contributed by atoms with Crippen molar-refractivity contribution in [2.45, 2.75) is 25.3 Å². The maximum absolute atomic E-state index is 13.4. The second-order valence-electron chi connectivity index (χ2n) is 8.43. The third-order valence-corrected chi connectivity index (χ3v) is 6.73. The Bertz CT molecular complexity index is 970. The van der Waals surface area contributed by atoms with Crippen molar-refractivity contribution in [3.8, 4) is 0 Å². The zero-order valence-electron chi connectivity index (χ0n) is 16.6. The second kappa shape index (κ2) is 7.56. The van der Waals surface area contributed by atoms with Gasteiger partial charge in [0.15, 0.2) is 0 Å². The van der Waals surface area contributed by atoms with Gasteiger partial charge < -0.3 is 5.32 Å². The smallest absolute Gasteiger partial charge is 0.234 e. The van der Waals surface area contributed by atoms with E-state index in [-0.39, 0.29) is 47.8 Å². The Labute approximate surface area is 175 Å². The van der Waals surface area contributed by atoms with Crippen molar-refractivity contribution in [3.05, 3.63) is 78.4 Å². The van der Waals surface area contributed by atoms with Gasteiger partial charge in [0.2, 0.25) is 17.7 Å². The molecule has 30 heavy (non-hydrogen) atoms. The molecule has 2 aromatic carbocycles. The highest BCUT2D eigenvalue weighted by atomic mass is 16.2. The Kier molecular flexibility index (Phi) is 4.74. The van der Waals surface area contributed by atoms with E-state index >= 15 is 0 Å². The number of fused-ring (bicyclic) bond motifs is 1. The monoisotopic (exact) mass is 400 g/mol. The number of rotatable bonds is 5. The molecule has 3 amide bonds. The van der Waals surface area contributed by atoms with Crippen LogP contribution in [0.3, 0.4) is 0 Å². The molecule has 5 heteroatoms. The van der Waals surface area contributed by atoms with E-state index in [2.05, 4.69) is 17.5 Å². The Hall–Kier alpha value is -3.21. The van der Waals surface area contributed by atoms with Gasteiger partial charge >= 0.3 is 0 Å². The lowest BCUT2D eigenvalue weighted by Crippen LogP contribution is -2.38. The van der Waals surface area contributed by atoms with Crippen LogP contribution in [0.2, 0.25) is 0 Å². The van der Waals surface area contributed by atoms with Crippen molar-refractivity contribution in [2.24, 2.45) is 23.7 Å². The maximum atomic E-state index is 13.4. The van der Waals surface area contributed by atoms with E-state index in [1.165, 1.54) is 4.90 Å². The van der Waals surface area contributed by atoms with Crippen molar-refractivity contribution in [1.29, 1.82) is 0 Å². The molecule has 1 saturated heterocycles. The Morgan fingerprint density at radius 2 is 1.40 bits per heavy atom. The van der Waals surface area contributed by atoms with Gasteiger partial charge in [-0.2, -0.15) is 0 Å². The molecule has 1 saturated carbocycles. The highest BCUT2D eigenvalue weighted by Crippen LogP contribution is 2.51. The van der Waals surface area contributed by atoms with Gasteiger partial charge in [-0.1, -0.05) is 60.7 Å². The number of hydrogen-bond acceptors (Lipinski definition) is 3. The molecule has 1 heterocycles. The molecule has 0 radical (unpaired) electrons. The number of allylic oxidation sites excluding steroid dienone is 2. The van der Waals surface area contributed by atoms with Crippen LogP contribution in [0.4, 0.5) is 5.69 Å². The number of para-hydroxylation sites is 1. The zero-order valence-corrected chi connectivity index (χ0v) is 16.6. The molecule has 0 unspecified atom stereocenters. The first-order valence-corrected chi connectivity index (χ1v) is 10.6. The Morgan fingerprint density at radius 3 is 1.93 bits per heavy atom. The fourth-order valence-electron chi connectivity index (χ4n) is 5.35. The minimum atomic E-state index is -0.597. The summed E-state index contributed by atoms with van der Waals surface area (Å²) in [5, 5.41) is 2.89. The van der Waals surface area contributed by atoms with Crippen LogP contribution < -0.4 is 5.32 Å². The summed E-state index contributed by atoms with van der Waals surface area (Å²) in [6, 6.07) is 18.0. The van der Waals surface area contributed by atoms with Gasteiger partial charge in [-0.15, -0.1) is 0 Å². The normalized spacial score (nSPS) is 27.8. The second-order valence-corrected chi connectivity index (χ2v) is 8.43. The van der Waals surface area contributed by atoms with Gasteiger partial charge in [0.25, 0.3) is 0 Å². The summed E-state index contributed by atoms with van der Waals surface area (Å²) < 4.78 is 0. The standard InChI is InChI=1S/C25H24N2O3/c28-21(26-19-9-5-2-6-10-19)15-20(16-7-3-1-4-8-16)27-24(29)22-17-11-12-18(14-13-17)23(22)25(27)30/h1-12,17-18,20,22-23H,13-15H2,(H,26,28)/t17-,18-,20+,22-,23+/m0/s1. The summed E-state index contributed by atoms with van der Waals surface area (Å²) in [5.41, 5.74) is 1.51. The molecular weight excluding hydrogens is 376 g/mol. The molecule has 1 N–H and O–H groups in total. The van der Waals surface area contributed by atoms with Crippen LogP contribution in [0.25, 0.3) is 0 Å². The number of carbonyl (C=O) groups is 3. The van der Waals surface area contributed by atoms with E-state index in [1.54, 1.807) is 0 Å². The summed E-state index contributed by atoms with van der Waals surface area (Å²) in [4.78, 5) is 41.1. The molecule has 4 aliphatic rings. The van der Waals surface area contributed by atoms with Gasteiger partial charge in [0.1, 0.15) is 0 Å². The molecular formula is C25H24N2O3. The Morgan fingerprint density at radius 1 is 0.867 bits per heavy atom. The van der Waals surface area contributed by atoms with Crippen LogP contribution in [0.5, 0.6) is 0 Å². The number of nitrogens with zero attached hydrogens (tertiary/aromatic N) is 1. The lowest BCUT2D eigenvalue weighted by atomic mass is 9.63. The number of benzene rings is 2. The molecule has 3 aliphatic carbocycles. The summed E-state index contributed by atoms with van der Waals surface area (Å²) in [7, 11) is 0. The predicted molar refractivity (Wildman–Crippen MR) is 113 cm³/mol. The fourth-order valence-corrected chi connectivity index (χ4v) is 5.35. The molecule has 2 fully saturated rings. The van der Waals surface area contributed by atoms with E-state index in [4.69, 9.17) is 0 Å². The van der Waals surface area contributed by atoms with Crippen molar-refractivity contribution in [3.63, 3.8) is 0 Å². The summed E-state index contributed by atoms with van der Waals surface area (Å²) in [5.74, 6) is -0.733. The maximum Gasteiger partial charge on any atom is 0.234 e. The first-order valence-electron chi connectivity index (χ1n) is 10.6. The minimum absolute atomic E-state index is 0.0403.